The highest BCUT2D eigenvalue weighted by atomic mass is 19.4. The predicted octanol–water partition coefficient (Wildman–Crippen LogP) is 4.27. The number of ether oxygens (including phenoxy) is 1. The van der Waals surface area contributed by atoms with Gasteiger partial charge in [-0.1, -0.05) is 0 Å². The Labute approximate surface area is 170 Å². The molecule has 0 unspecified atom stereocenters. The third kappa shape index (κ3) is 5.29. The zero-order valence-electron chi connectivity index (χ0n) is 15.8. The molecule has 0 aliphatic carbocycles. The molecule has 1 N–H and O–H groups in total. The first-order chi connectivity index (χ1) is 14.3. The van der Waals surface area contributed by atoms with Crippen molar-refractivity contribution in [3.63, 3.8) is 0 Å². The highest BCUT2D eigenvalue weighted by Gasteiger charge is 2.29. The molecule has 0 atom stereocenters. The van der Waals surface area contributed by atoms with Crippen LogP contribution in [-0.2, 0) is 4.79 Å². The first kappa shape index (κ1) is 21.2. The Balaban J connectivity index is 1.68. The monoisotopic (exact) mass is 417 g/mol. The van der Waals surface area contributed by atoms with E-state index in [9.17, 15) is 22.8 Å². The SMILES string of the molecule is N#Cc1cc(NC(=O)c2ccc(N3CCCCC3=O)cc2)ccc1OCC(F)(F)F. The molecule has 3 rings (SSSR count). The molecule has 1 fully saturated rings. The second-order valence-electron chi connectivity index (χ2n) is 6.73. The molecule has 1 aliphatic rings. The summed E-state index contributed by atoms with van der Waals surface area (Å²) in [5.41, 5.74) is 1.16. The molecule has 1 aliphatic heterocycles. The van der Waals surface area contributed by atoms with Gasteiger partial charge in [-0.3, -0.25) is 9.59 Å². The molecule has 0 aromatic heterocycles. The molecular weight excluding hydrogens is 399 g/mol. The van der Waals surface area contributed by atoms with Crippen LogP contribution in [0.5, 0.6) is 5.75 Å². The average molecular weight is 417 g/mol. The molecule has 156 valence electrons. The Bertz CT molecular complexity index is 982. The summed E-state index contributed by atoms with van der Waals surface area (Å²) in [4.78, 5) is 26.1. The lowest BCUT2D eigenvalue weighted by Gasteiger charge is -2.26. The molecule has 1 saturated heterocycles. The van der Waals surface area contributed by atoms with Gasteiger partial charge in [0, 0.05) is 29.9 Å². The minimum absolute atomic E-state index is 0.0512. The van der Waals surface area contributed by atoms with Gasteiger partial charge in [-0.05, 0) is 55.3 Å². The number of carbonyl (C=O) groups excluding carboxylic acids is 2. The molecule has 0 bridgehead atoms. The van der Waals surface area contributed by atoms with E-state index in [0.717, 1.165) is 12.8 Å². The van der Waals surface area contributed by atoms with E-state index in [-0.39, 0.29) is 22.9 Å². The van der Waals surface area contributed by atoms with Gasteiger partial charge < -0.3 is 15.0 Å². The first-order valence-corrected chi connectivity index (χ1v) is 9.22. The number of piperidine rings is 1. The fraction of sp³-hybridized carbons (Fsp3) is 0.286. The highest BCUT2D eigenvalue weighted by molar-refractivity contribution is 6.05. The normalized spacial score (nSPS) is 14.2. The van der Waals surface area contributed by atoms with Gasteiger partial charge >= 0.3 is 6.18 Å². The summed E-state index contributed by atoms with van der Waals surface area (Å²) in [6, 6.07) is 12.1. The van der Waals surface area contributed by atoms with Gasteiger partial charge in [0.25, 0.3) is 5.91 Å². The number of hydrogen-bond donors (Lipinski definition) is 1. The molecule has 6 nitrogen and oxygen atoms in total. The van der Waals surface area contributed by atoms with Crippen molar-refractivity contribution in [1.29, 1.82) is 5.26 Å². The lowest BCUT2D eigenvalue weighted by molar-refractivity contribution is -0.153. The number of nitrogens with one attached hydrogen (secondary N) is 1. The quantitative estimate of drug-likeness (QED) is 0.788. The number of rotatable bonds is 5. The van der Waals surface area contributed by atoms with Crippen LogP contribution in [0.15, 0.2) is 42.5 Å². The molecule has 1 heterocycles. The van der Waals surface area contributed by atoms with Gasteiger partial charge in [-0.15, -0.1) is 0 Å². The molecule has 2 amide bonds. The number of carbonyl (C=O) groups is 2. The lowest BCUT2D eigenvalue weighted by Crippen LogP contribution is -2.35. The van der Waals surface area contributed by atoms with Crippen LogP contribution in [0.25, 0.3) is 0 Å². The smallest absolute Gasteiger partial charge is 0.422 e. The van der Waals surface area contributed by atoms with Crippen molar-refractivity contribution in [2.24, 2.45) is 0 Å². The van der Waals surface area contributed by atoms with Crippen LogP contribution in [0.3, 0.4) is 0 Å². The third-order valence-electron chi connectivity index (χ3n) is 4.51. The maximum atomic E-state index is 12.5. The molecule has 2 aromatic carbocycles. The highest BCUT2D eigenvalue weighted by Crippen LogP contribution is 2.26. The van der Waals surface area contributed by atoms with Gasteiger partial charge in [0.2, 0.25) is 5.91 Å². The minimum atomic E-state index is -4.52. The van der Waals surface area contributed by atoms with E-state index in [1.54, 1.807) is 35.2 Å². The molecule has 30 heavy (non-hydrogen) atoms. The number of nitrogens with zero attached hydrogens (tertiary/aromatic N) is 2. The van der Waals surface area contributed by atoms with Crippen molar-refractivity contribution in [2.45, 2.75) is 25.4 Å². The second-order valence-corrected chi connectivity index (χ2v) is 6.73. The Hall–Kier alpha value is -3.54. The zero-order valence-corrected chi connectivity index (χ0v) is 15.8. The van der Waals surface area contributed by atoms with Crippen LogP contribution in [0.2, 0.25) is 0 Å². The van der Waals surface area contributed by atoms with Gasteiger partial charge in [0.1, 0.15) is 11.8 Å². The summed E-state index contributed by atoms with van der Waals surface area (Å²) in [6.45, 7) is -0.872. The van der Waals surface area contributed by atoms with E-state index in [1.165, 1.54) is 18.2 Å². The number of benzene rings is 2. The Kier molecular flexibility index (Phi) is 6.26. The summed E-state index contributed by atoms with van der Waals surface area (Å²) >= 11 is 0. The number of halogens is 3. The van der Waals surface area contributed by atoms with E-state index in [4.69, 9.17) is 5.26 Å². The van der Waals surface area contributed by atoms with E-state index in [0.29, 0.717) is 24.2 Å². The van der Waals surface area contributed by atoms with Gasteiger partial charge in [0.05, 0.1) is 5.56 Å². The summed E-state index contributed by atoms with van der Waals surface area (Å²) in [5, 5.41) is 11.7. The predicted molar refractivity (Wildman–Crippen MR) is 103 cm³/mol. The standard InChI is InChI=1S/C21H18F3N3O3/c22-21(23,24)13-30-18-9-6-16(11-15(18)12-25)26-20(29)14-4-7-17(8-5-14)27-10-2-1-3-19(27)28/h4-9,11H,1-3,10,13H2,(H,26,29). The van der Waals surface area contributed by atoms with Crippen LogP contribution in [0.1, 0.15) is 35.2 Å². The summed E-state index contributed by atoms with van der Waals surface area (Å²) < 4.78 is 41.5. The van der Waals surface area contributed by atoms with Crippen LogP contribution in [0.4, 0.5) is 24.5 Å². The molecule has 0 spiro atoms. The summed E-state index contributed by atoms with van der Waals surface area (Å²) in [5.74, 6) is -0.627. The minimum Gasteiger partial charge on any atom is -0.483 e. The molecule has 0 saturated carbocycles. The van der Waals surface area contributed by atoms with Gasteiger partial charge in [0.15, 0.2) is 6.61 Å². The van der Waals surface area contributed by atoms with Crippen molar-refractivity contribution >= 4 is 23.2 Å². The van der Waals surface area contributed by atoms with E-state index < -0.39 is 18.7 Å². The zero-order chi connectivity index (χ0) is 21.7. The second kappa shape index (κ2) is 8.86. The van der Waals surface area contributed by atoms with Gasteiger partial charge in [-0.25, -0.2) is 0 Å². The topological polar surface area (TPSA) is 82.4 Å². The Morgan fingerprint density at radius 3 is 2.53 bits per heavy atom. The molecule has 0 radical (unpaired) electrons. The largest absolute Gasteiger partial charge is 0.483 e. The van der Waals surface area contributed by atoms with E-state index in [2.05, 4.69) is 10.1 Å². The Morgan fingerprint density at radius 2 is 1.90 bits per heavy atom. The number of anilines is 2. The molecule has 2 aromatic rings. The van der Waals surface area contributed by atoms with Crippen LogP contribution in [0, 0.1) is 11.3 Å². The maximum absolute atomic E-state index is 12.5. The summed E-state index contributed by atoms with van der Waals surface area (Å²) in [6.07, 6.45) is -2.21. The third-order valence-corrected chi connectivity index (χ3v) is 4.51. The average Bonchev–Trinajstić information content (AvgIpc) is 2.72. The Morgan fingerprint density at radius 1 is 1.17 bits per heavy atom. The fourth-order valence-electron chi connectivity index (χ4n) is 3.06. The number of alkyl halides is 3. The number of nitriles is 1. The van der Waals surface area contributed by atoms with E-state index >= 15 is 0 Å². The fourth-order valence-corrected chi connectivity index (χ4v) is 3.06. The van der Waals surface area contributed by atoms with Crippen molar-refractivity contribution in [3.8, 4) is 11.8 Å². The van der Waals surface area contributed by atoms with Crippen molar-refractivity contribution in [2.75, 3.05) is 23.4 Å². The number of hydrogen-bond acceptors (Lipinski definition) is 4. The lowest BCUT2D eigenvalue weighted by atomic mass is 10.1. The van der Waals surface area contributed by atoms with Crippen LogP contribution < -0.4 is 15.0 Å². The summed E-state index contributed by atoms with van der Waals surface area (Å²) in [7, 11) is 0. The number of amides is 2. The van der Waals surface area contributed by atoms with Crippen LogP contribution >= 0.6 is 0 Å². The van der Waals surface area contributed by atoms with Crippen LogP contribution in [-0.4, -0.2) is 31.1 Å². The van der Waals surface area contributed by atoms with E-state index in [1.807, 2.05) is 0 Å². The molecule has 9 heteroatoms. The van der Waals surface area contributed by atoms with Gasteiger partial charge in [-0.2, -0.15) is 18.4 Å². The van der Waals surface area contributed by atoms with Crippen molar-refractivity contribution in [3.05, 3.63) is 53.6 Å². The first-order valence-electron chi connectivity index (χ1n) is 9.22. The van der Waals surface area contributed by atoms with Crippen molar-refractivity contribution in [1.82, 2.24) is 0 Å². The maximum Gasteiger partial charge on any atom is 0.422 e. The van der Waals surface area contributed by atoms with Crippen molar-refractivity contribution < 1.29 is 27.5 Å². The molecular formula is C21H18F3N3O3.